The molecule has 0 N–H and O–H groups in total. The van der Waals surface area contributed by atoms with E-state index in [-0.39, 0.29) is 12.1 Å². The molecule has 0 saturated carbocycles. The molecule has 4 nitrogen and oxygen atoms in total. The lowest BCUT2D eigenvalue weighted by atomic mass is 10.1. The molecule has 0 aliphatic carbocycles. The summed E-state index contributed by atoms with van der Waals surface area (Å²) in [7, 11) is 1.97. The average Bonchev–Trinajstić information content (AvgIpc) is 2.77. The van der Waals surface area contributed by atoms with Crippen LogP contribution < -0.4 is 0 Å². The third-order valence-corrected chi connectivity index (χ3v) is 4.50. The van der Waals surface area contributed by atoms with Crippen LogP contribution in [0.25, 0.3) is 0 Å². The number of benzene rings is 1. The summed E-state index contributed by atoms with van der Waals surface area (Å²) in [5.74, 6) is 0.784. The van der Waals surface area contributed by atoms with E-state index < -0.39 is 0 Å². The van der Waals surface area contributed by atoms with Crippen LogP contribution >= 0.6 is 11.8 Å². The number of hydrogen-bond acceptors (Lipinski definition) is 4. The Hall–Kier alpha value is -1.75. The van der Waals surface area contributed by atoms with Gasteiger partial charge in [0.25, 0.3) is 0 Å². The normalized spacial score (nSPS) is 12.5. The molecule has 0 spiro atoms. The van der Waals surface area contributed by atoms with Gasteiger partial charge in [-0.25, -0.2) is 4.98 Å². The summed E-state index contributed by atoms with van der Waals surface area (Å²) in [6.45, 7) is 7.52. The molecule has 2 rings (SSSR count). The molecule has 5 heteroatoms. The third-order valence-electron chi connectivity index (χ3n) is 3.31. The van der Waals surface area contributed by atoms with Crippen molar-refractivity contribution in [3.05, 3.63) is 41.9 Å². The summed E-state index contributed by atoms with van der Waals surface area (Å²) in [5, 5.41) is 1.09. The van der Waals surface area contributed by atoms with E-state index in [0.29, 0.717) is 5.92 Å². The fourth-order valence-corrected chi connectivity index (χ4v) is 3.42. The molecular formula is C17H22N2O2S. The number of hydrogen-bond donors (Lipinski definition) is 0. The quantitative estimate of drug-likeness (QED) is 0.770. The highest BCUT2D eigenvalue weighted by Gasteiger charge is 2.23. The average molecular weight is 318 g/mol. The maximum atomic E-state index is 11.2. The van der Waals surface area contributed by atoms with Crippen molar-refractivity contribution in [1.29, 1.82) is 0 Å². The lowest BCUT2D eigenvalue weighted by Crippen LogP contribution is -2.10. The molecular weight excluding hydrogens is 296 g/mol. The van der Waals surface area contributed by atoms with Gasteiger partial charge in [-0.15, -0.1) is 0 Å². The molecule has 118 valence electrons. The summed E-state index contributed by atoms with van der Waals surface area (Å²) in [4.78, 5) is 17.1. The first-order valence-corrected chi connectivity index (χ1v) is 8.18. The maximum Gasteiger partial charge on any atom is 0.303 e. The van der Waals surface area contributed by atoms with Crippen molar-refractivity contribution >= 4 is 17.7 Å². The number of carbonyl (C=O) groups is 1. The van der Waals surface area contributed by atoms with Crippen LogP contribution in [0, 0.1) is 0 Å². The van der Waals surface area contributed by atoms with Crippen molar-refractivity contribution in [2.24, 2.45) is 7.05 Å². The van der Waals surface area contributed by atoms with Crippen molar-refractivity contribution in [2.75, 3.05) is 0 Å². The van der Waals surface area contributed by atoms with E-state index in [4.69, 9.17) is 9.72 Å². The van der Waals surface area contributed by atoms with E-state index in [1.165, 1.54) is 11.8 Å². The summed E-state index contributed by atoms with van der Waals surface area (Å²) in [6, 6.07) is 10.2. The van der Waals surface area contributed by atoms with E-state index in [9.17, 15) is 4.79 Å². The first-order chi connectivity index (χ1) is 10.4. The molecule has 0 saturated heterocycles. The van der Waals surface area contributed by atoms with E-state index in [1.54, 1.807) is 11.8 Å². The Morgan fingerprint density at radius 2 is 1.86 bits per heavy atom. The first kappa shape index (κ1) is 16.6. The SMILES string of the molecule is CC(=O)OC(C)c1nc(C(C)C)c(Sc2ccccc2)n1C. The Morgan fingerprint density at radius 1 is 1.23 bits per heavy atom. The number of imidazole rings is 1. The van der Waals surface area contributed by atoms with Crippen LogP contribution in [0.5, 0.6) is 0 Å². The highest BCUT2D eigenvalue weighted by molar-refractivity contribution is 7.99. The number of nitrogens with zero attached hydrogens (tertiary/aromatic N) is 2. The Kier molecular flexibility index (Phi) is 5.29. The van der Waals surface area contributed by atoms with Gasteiger partial charge in [-0.2, -0.15) is 0 Å². The van der Waals surface area contributed by atoms with Gasteiger partial charge in [0.15, 0.2) is 11.9 Å². The van der Waals surface area contributed by atoms with Crippen molar-refractivity contribution in [1.82, 2.24) is 9.55 Å². The van der Waals surface area contributed by atoms with Gasteiger partial charge in [0.2, 0.25) is 0 Å². The lowest BCUT2D eigenvalue weighted by Gasteiger charge is -2.12. The molecule has 0 radical (unpaired) electrons. The van der Waals surface area contributed by atoms with Gasteiger partial charge < -0.3 is 9.30 Å². The van der Waals surface area contributed by atoms with Crippen LogP contribution in [0.3, 0.4) is 0 Å². The molecule has 0 aliphatic rings. The highest BCUT2D eigenvalue weighted by Crippen LogP contribution is 2.35. The smallest absolute Gasteiger partial charge is 0.303 e. The number of ether oxygens (including phenoxy) is 1. The third kappa shape index (κ3) is 3.71. The Labute approximate surface area is 135 Å². The Morgan fingerprint density at radius 3 is 2.41 bits per heavy atom. The van der Waals surface area contributed by atoms with Crippen LogP contribution in [0.15, 0.2) is 40.3 Å². The number of aromatic nitrogens is 2. The largest absolute Gasteiger partial charge is 0.455 e. The van der Waals surface area contributed by atoms with Crippen LogP contribution in [-0.4, -0.2) is 15.5 Å². The van der Waals surface area contributed by atoms with Gasteiger partial charge in [0.1, 0.15) is 5.03 Å². The zero-order valence-corrected chi connectivity index (χ0v) is 14.5. The molecule has 0 bridgehead atoms. The lowest BCUT2D eigenvalue weighted by molar-refractivity contribution is -0.146. The van der Waals surface area contributed by atoms with Gasteiger partial charge in [-0.3, -0.25) is 4.79 Å². The van der Waals surface area contributed by atoms with Crippen molar-refractivity contribution in [2.45, 2.75) is 49.6 Å². The van der Waals surface area contributed by atoms with Gasteiger partial charge in [-0.1, -0.05) is 43.8 Å². The summed E-state index contributed by atoms with van der Waals surface area (Å²) >= 11 is 1.69. The second-order valence-corrected chi connectivity index (χ2v) is 6.60. The predicted octanol–water partition coefficient (Wildman–Crippen LogP) is 4.32. The molecule has 1 aromatic heterocycles. The van der Waals surface area contributed by atoms with Crippen molar-refractivity contribution in [3.63, 3.8) is 0 Å². The molecule has 1 heterocycles. The Bertz CT molecular complexity index is 650. The van der Waals surface area contributed by atoms with Crippen molar-refractivity contribution < 1.29 is 9.53 Å². The molecule has 22 heavy (non-hydrogen) atoms. The fourth-order valence-electron chi connectivity index (χ4n) is 2.28. The van der Waals surface area contributed by atoms with Crippen LogP contribution in [0.4, 0.5) is 0 Å². The standard InChI is InChI=1S/C17H22N2O2S/c1-11(2)15-17(22-14-9-7-6-8-10-14)19(5)16(18-15)12(3)21-13(4)20/h6-12H,1-5H3. The zero-order valence-electron chi connectivity index (χ0n) is 13.7. The number of carbonyl (C=O) groups excluding carboxylic acids is 1. The van der Waals surface area contributed by atoms with Gasteiger partial charge in [-0.05, 0) is 25.0 Å². The summed E-state index contributed by atoms with van der Waals surface area (Å²) < 4.78 is 7.31. The minimum Gasteiger partial charge on any atom is -0.455 e. The molecule has 0 fully saturated rings. The predicted molar refractivity (Wildman–Crippen MR) is 88.0 cm³/mol. The maximum absolute atomic E-state index is 11.2. The summed E-state index contributed by atoms with van der Waals surface area (Å²) in [6.07, 6.45) is -0.356. The fraction of sp³-hybridized carbons (Fsp3) is 0.412. The zero-order chi connectivity index (χ0) is 16.3. The van der Waals surface area contributed by atoms with Gasteiger partial charge >= 0.3 is 5.97 Å². The molecule has 0 aliphatic heterocycles. The molecule has 1 unspecified atom stereocenters. The molecule has 0 amide bonds. The number of rotatable bonds is 5. The second-order valence-electron chi connectivity index (χ2n) is 5.54. The van der Waals surface area contributed by atoms with Crippen molar-refractivity contribution in [3.8, 4) is 0 Å². The minimum absolute atomic E-state index is 0.293. The molecule has 1 aromatic carbocycles. The molecule has 2 aromatic rings. The van der Waals surface area contributed by atoms with E-state index in [0.717, 1.165) is 16.5 Å². The van der Waals surface area contributed by atoms with Crippen LogP contribution in [0.1, 0.15) is 51.2 Å². The van der Waals surface area contributed by atoms with Gasteiger partial charge in [0.05, 0.1) is 5.69 Å². The van der Waals surface area contributed by atoms with Crippen LogP contribution in [-0.2, 0) is 16.6 Å². The highest BCUT2D eigenvalue weighted by atomic mass is 32.2. The monoisotopic (exact) mass is 318 g/mol. The summed E-state index contributed by atoms with van der Waals surface area (Å²) in [5.41, 5.74) is 1.03. The first-order valence-electron chi connectivity index (χ1n) is 7.36. The van der Waals surface area contributed by atoms with E-state index in [1.807, 2.05) is 36.7 Å². The second kappa shape index (κ2) is 7.01. The van der Waals surface area contributed by atoms with Gasteiger partial charge in [0, 0.05) is 18.9 Å². The Balaban J connectivity index is 2.39. The minimum atomic E-state index is -0.356. The van der Waals surface area contributed by atoms with E-state index >= 15 is 0 Å². The van der Waals surface area contributed by atoms with E-state index in [2.05, 4.69) is 26.0 Å². The molecule has 1 atom stereocenters. The van der Waals surface area contributed by atoms with Crippen LogP contribution in [0.2, 0.25) is 0 Å². The topological polar surface area (TPSA) is 44.1 Å². The number of esters is 1.